The Labute approximate surface area is 156 Å². The number of piperazine rings is 1. The number of nitrogens with zero attached hydrogens (tertiary/aromatic N) is 3. The van der Waals surface area contributed by atoms with Crippen LogP contribution < -0.4 is 4.72 Å². The normalized spacial score (nSPS) is 19.5. The van der Waals surface area contributed by atoms with Gasteiger partial charge in [-0.05, 0) is 31.4 Å². The summed E-state index contributed by atoms with van der Waals surface area (Å²) < 4.78 is 27.1. The number of hydrogen-bond acceptors (Lipinski definition) is 4. The number of benzene rings is 1. The number of rotatable bonds is 5. The van der Waals surface area contributed by atoms with E-state index >= 15 is 0 Å². The number of carbonyl (C=O) groups excluding carboxylic acids is 1. The van der Waals surface area contributed by atoms with E-state index in [2.05, 4.69) is 9.62 Å². The Balaban J connectivity index is 1.39. The minimum atomic E-state index is -3.45. The summed E-state index contributed by atoms with van der Waals surface area (Å²) in [7, 11) is -3.45. The van der Waals surface area contributed by atoms with Crippen LogP contribution in [-0.2, 0) is 10.0 Å². The van der Waals surface area contributed by atoms with Crippen molar-refractivity contribution in [3.05, 3.63) is 30.3 Å². The fraction of sp³-hybridized carbons (Fsp3) is 0.611. The van der Waals surface area contributed by atoms with Crippen LogP contribution in [0.2, 0.25) is 0 Å². The maximum atomic E-state index is 12.5. The molecule has 0 radical (unpaired) electrons. The zero-order valence-electron chi connectivity index (χ0n) is 15.1. The van der Waals surface area contributed by atoms with Crippen LogP contribution in [0.5, 0.6) is 0 Å². The Bertz CT molecular complexity index is 682. The summed E-state index contributed by atoms with van der Waals surface area (Å²) in [4.78, 5) is 18.9. The third-order valence-electron chi connectivity index (χ3n) is 5.04. The molecule has 2 saturated heterocycles. The fourth-order valence-electron chi connectivity index (χ4n) is 3.47. The highest BCUT2D eigenvalue weighted by Gasteiger charge is 2.26. The lowest BCUT2D eigenvalue weighted by atomic mass is 10.1. The molecule has 8 heteroatoms. The summed E-state index contributed by atoms with van der Waals surface area (Å²) in [6.07, 6.45) is 3.43. The van der Waals surface area contributed by atoms with Crippen molar-refractivity contribution in [1.82, 2.24) is 19.4 Å². The van der Waals surface area contributed by atoms with Gasteiger partial charge in [-0.2, -0.15) is 0 Å². The molecule has 7 nitrogen and oxygen atoms in total. The topological polar surface area (TPSA) is 73.0 Å². The van der Waals surface area contributed by atoms with Crippen molar-refractivity contribution in [1.29, 1.82) is 0 Å². The van der Waals surface area contributed by atoms with Crippen LogP contribution >= 0.6 is 0 Å². The molecule has 0 bridgehead atoms. The van der Waals surface area contributed by atoms with Gasteiger partial charge < -0.3 is 9.80 Å². The predicted octanol–water partition coefficient (Wildman–Crippen LogP) is 1.19. The van der Waals surface area contributed by atoms with E-state index in [1.165, 1.54) is 6.42 Å². The molecule has 0 aliphatic carbocycles. The molecule has 2 aliphatic heterocycles. The van der Waals surface area contributed by atoms with E-state index in [1.807, 2.05) is 9.80 Å². The lowest BCUT2D eigenvalue weighted by molar-refractivity contribution is 0.108. The first-order chi connectivity index (χ1) is 12.6. The molecule has 0 unspecified atom stereocenters. The zero-order valence-corrected chi connectivity index (χ0v) is 16.0. The highest BCUT2D eigenvalue weighted by molar-refractivity contribution is 7.89. The summed E-state index contributed by atoms with van der Waals surface area (Å²) in [5.74, 6) is 0. The molecule has 2 aliphatic rings. The minimum Gasteiger partial charge on any atom is -0.325 e. The number of hydrogen-bond donors (Lipinski definition) is 1. The maximum absolute atomic E-state index is 12.5. The molecule has 26 heavy (non-hydrogen) atoms. The van der Waals surface area contributed by atoms with Crippen molar-refractivity contribution in [2.75, 3.05) is 52.4 Å². The Morgan fingerprint density at radius 3 is 2.15 bits per heavy atom. The SMILES string of the molecule is O=C(N1CCCCC1)N1CCN(CCNS(=O)(=O)c2ccccc2)CC1. The molecular weight excluding hydrogens is 352 g/mol. The molecule has 2 heterocycles. The van der Waals surface area contributed by atoms with E-state index in [9.17, 15) is 13.2 Å². The fourth-order valence-corrected chi connectivity index (χ4v) is 4.51. The predicted molar refractivity (Wildman–Crippen MR) is 100 cm³/mol. The molecular formula is C18H28N4O3S. The largest absolute Gasteiger partial charge is 0.325 e. The van der Waals surface area contributed by atoms with Crippen molar-refractivity contribution in [2.24, 2.45) is 0 Å². The van der Waals surface area contributed by atoms with Gasteiger partial charge in [0.1, 0.15) is 0 Å². The summed E-state index contributed by atoms with van der Waals surface area (Å²) in [5, 5.41) is 0. The summed E-state index contributed by atoms with van der Waals surface area (Å²) in [6.45, 7) is 5.76. The van der Waals surface area contributed by atoms with Gasteiger partial charge in [-0.3, -0.25) is 4.90 Å². The average molecular weight is 381 g/mol. The molecule has 144 valence electrons. The quantitative estimate of drug-likeness (QED) is 0.833. The molecule has 2 amide bonds. The van der Waals surface area contributed by atoms with Gasteiger partial charge in [0, 0.05) is 52.4 Å². The van der Waals surface area contributed by atoms with E-state index in [0.717, 1.165) is 39.0 Å². The van der Waals surface area contributed by atoms with Crippen molar-refractivity contribution < 1.29 is 13.2 Å². The molecule has 3 rings (SSSR count). The summed E-state index contributed by atoms with van der Waals surface area (Å²) in [6, 6.07) is 8.57. The van der Waals surface area contributed by atoms with Gasteiger partial charge in [0.25, 0.3) is 0 Å². The van der Waals surface area contributed by atoms with Crippen LogP contribution in [0.25, 0.3) is 0 Å². The minimum absolute atomic E-state index is 0.161. The van der Waals surface area contributed by atoms with E-state index in [1.54, 1.807) is 30.3 Å². The van der Waals surface area contributed by atoms with Gasteiger partial charge in [0.2, 0.25) is 10.0 Å². The van der Waals surface area contributed by atoms with Crippen molar-refractivity contribution in [3.8, 4) is 0 Å². The average Bonchev–Trinajstić information content (AvgIpc) is 2.69. The van der Waals surface area contributed by atoms with E-state index < -0.39 is 10.0 Å². The Morgan fingerprint density at radius 1 is 0.885 bits per heavy atom. The number of nitrogens with one attached hydrogen (secondary N) is 1. The van der Waals surface area contributed by atoms with Crippen molar-refractivity contribution in [2.45, 2.75) is 24.2 Å². The Hall–Kier alpha value is -1.64. The molecule has 1 aromatic rings. The first-order valence-electron chi connectivity index (χ1n) is 9.37. The van der Waals surface area contributed by atoms with Crippen LogP contribution in [0.3, 0.4) is 0 Å². The second-order valence-corrected chi connectivity index (χ2v) is 8.64. The maximum Gasteiger partial charge on any atom is 0.320 e. The van der Waals surface area contributed by atoms with Gasteiger partial charge in [-0.1, -0.05) is 18.2 Å². The number of sulfonamides is 1. The molecule has 2 fully saturated rings. The molecule has 1 aromatic carbocycles. The highest BCUT2D eigenvalue weighted by Crippen LogP contribution is 2.13. The van der Waals surface area contributed by atoms with Crippen LogP contribution in [0.4, 0.5) is 4.79 Å². The number of urea groups is 1. The Morgan fingerprint density at radius 2 is 1.50 bits per heavy atom. The molecule has 1 N–H and O–H groups in total. The Kier molecular flexibility index (Phi) is 6.50. The second-order valence-electron chi connectivity index (χ2n) is 6.87. The summed E-state index contributed by atoms with van der Waals surface area (Å²) >= 11 is 0. The van der Waals surface area contributed by atoms with Crippen LogP contribution in [0.1, 0.15) is 19.3 Å². The van der Waals surface area contributed by atoms with Crippen molar-refractivity contribution >= 4 is 16.1 Å². The van der Waals surface area contributed by atoms with E-state index in [0.29, 0.717) is 26.2 Å². The molecule has 0 atom stereocenters. The number of amides is 2. The van der Waals surface area contributed by atoms with Gasteiger partial charge in [0.15, 0.2) is 0 Å². The second kappa shape index (κ2) is 8.83. The first-order valence-corrected chi connectivity index (χ1v) is 10.9. The zero-order chi connectivity index (χ0) is 18.4. The smallest absolute Gasteiger partial charge is 0.320 e. The highest BCUT2D eigenvalue weighted by atomic mass is 32.2. The first kappa shape index (κ1) is 19.1. The lowest BCUT2D eigenvalue weighted by Crippen LogP contribution is -2.54. The van der Waals surface area contributed by atoms with E-state index in [-0.39, 0.29) is 10.9 Å². The van der Waals surface area contributed by atoms with Gasteiger partial charge in [-0.25, -0.2) is 17.9 Å². The standard InChI is InChI=1S/C18H28N4O3S/c23-18(21-10-5-2-6-11-21)22-15-13-20(14-16-22)12-9-19-26(24,25)17-7-3-1-4-8-17/h1,3-4,7-8,19H,2,5-6,9-16H2. The van der Waals surface area contributed by atoms with Crippen LogP contribution in [-0.4, -0.2) is 81.5 Å². The number of likely N-dealkylation sites (tertiary alicyclic amines) is 1. The molecule has 0 saturated carbocycles. The van der Waals surface area contributed by atoms with Crippen molar-refractivity contribution in [3.63, 3.8) is 0 Å². The third kappa shape index (κ3) is 4.96. The number of piperidine rings is 1. The number of carbonyl (C=O) groups is 1. The summed E-state index contributed by atoms with van der Waals surface area (Å²) in [5.41, 5.74) is 0. The third-order valence-corrected chi connectivity index (χ3v) is 6.52. The molecule has 0 spiro atoms. The lowest BCUT2D eigenvalue weighted by Gasteiger charge is -2.38. The monoisotopic (exact) mass is 380 g/mol. The van der Waals surface area contributed by atoms with Crippen LogP contribution in [0, 0.1) is 0 Å². The van der Waals surface area contributed by atoms with Crippen LogP contribution in [0.15, 0.2) is 35.2 Å². The van der Waals surface area contributed by atoms with E-state index in [4.69, 9.17) is 0 Å². The molecule has 0 aromatic heterocycles. The van der Waals surface area contributed by atoms with Gasteiger partial charge in [-0.15, -0.1) is 0 Å². The van der Waals surface area contributed by atoms with Gasteiger partial charge in [0.05, 0.1) is 4.90 Å². The van der Waals surface area contributed by atoms with Gasteiger partial charge >= 0.3 is 6.03 Å².